The topological polar surface area (TPSA) is 168 Å². The molecule has 1 atom stereocenters. The highest BCUT2D eigenvalue weighted by Crippen LogP contribution is 2.08. The van der Waals surface area contributed by atoms with Crippen molar-refractivity contribution in [2.45, 2.75) is 10.9 Å². The molecule has 0 aliphatic heterocycles. The largest absolute Gasteiger partial charge is 0.480 e. The molecule has 0 saturated heterocycles. The van der Waals surface area contributed by atoms with Crippen LogP contribution in [0.15, 0.2) is 59.5 Å². The fourth-order valence-corrected chi connectivity index (χ4v) is 3.60. The second-order valence-electron chi connectivity index (χ2n) is 6.16. The molecule has 0 bridgehead atoms. The first-order valence-electron chi connectivity index (χ1n) is 8.91. The van der Waals surface area contributed by atoms with E-state index in [1.807, 2.05) is 0 Å². The van der Waals surface area contributed by atoms with Crippen molar-refractivity contribution in [3.63, 3.8) is 0 Å². The second-order valence-corrected chi connectivity index (χ2v) is 7.87. The predicted octanol–water partition coefficient (Wildman–Crippen LogP) is -0.463. The molecular formula is C19H22N4O6S. The van der Waals surface area contributed by atoms with Gasteiger partial charge in [0, 0.05) is 30.8 Å². The van der Waals surface area contributed by atoms with Gasteiger partial charge >= 0.3 is 5.97 Å². The Balaban J connectivity index is 2.00. The van der Waals surface area contributed by atoms with Gasteiger partial charge in [-0.2, -0.15) is 4.72 Å². The molecule has 2 amide bonds. The molecule has 0 radical (unpaired) electrons. The molecule has 0 spiro atoms. The minimum Gasteiger partial charge on any atom is -0.480 e. The normalized spacial score (nSPS) is 12.0. The van der Waals surface area contributed by atoms with Gasteiger partial charge < -0.3 is 21.5 Å². The molecule has 0 aliphatic rings. The quantitative estimate of drug-likeness (QED) is 0.337. The van der Waals surface area contributed by atoms with Gasteiger partial charge in [-0.3, -0.25) is 14.4 Å². The van der Waals surface area contributed by atoms with Crippen molar-refractivity contribution in [2.75, 3.05) is 19.6 Å². The van der Waals surface area contributed by atoms with Gasteiger partial charge in [-0.15, -0.1) is 0 Å². The first-order valence-corrected chi connectivity index (χ1v) is 10.4. The van der Waals surface area contributed by atoms with Gasteiger partial charge in [-0.05, 0) is 36.4 Å². The zero-order valence-electron chi connectivity index (χ0n) is 15.9. The fraction of sp³-hybridized carbons (Fsp3) is 0.211. The third-order valence-corrected chi connectivity index (χ3v) is 5.44. The van der Waals surface area contributed by atoms with Crippen molar-refractivity contribution < 1.29 is 27.9 Å². The average molecular weight is 434 g/mol. The van der Waals surface area contributed by atoms with E-state index < -0.39 is 34.5 Å². The number of rotatable bonds is 10. The SMILES string of the molecule is NCCNC(=O)c1ccc(C(=O)NC[C@H](NS(=O)(=O)c2ccccc2)C(=O)O)cc1. The van der Waals surface area contributed by atoms with Crippen molar-refractivity contribution in [3.8, 4) is 0 Å². The lowest BCUT2D eigenvalue weighted by Gasteiger charge is -2.15. The van der Waals surface area contributed by atoms with Crippen LogP contribution in [0.3, 0.4) is 0 Å². The van der Waals surface area contributed by atoms with Gasteiger partial charge in [0.25, 0.3) is 11.8 Å². The summed E-state index contributed by atoms with van der Waals surface area (Å²) in [7, 11) is -4.08. The number of hydrogen-bond acceptors (Lipinski definition) is 6. The van der Waals surface area contributed by atoms with Crippen molar-refractivity contribution in [3.05, 3.63) is 65.7 Å². The summed E-state index contributed by atoms with van der Waals surface area (Å²) >= 11 is 0. The van der Waals surface area contributed by atoms with Crippen molar-refractivity contribution in [1.82, 2.24) is 15.4 Å². The molecule has 0 heterocycles. The van der Waals surface area contributed by atoms with Gasteiger partial charge in [0.05, 0.1) is 4.90 Å². The van der Waals surface area contributed by atoms with Gasteiger partial charge in [-0.1, -0.05) is 18.2 Å². The minimum atomic E-state index is -4.08. The first kappa shape index (κ1) is 23.0. The number of carboxylic acid groups (broad SMARTS) is 1. The van der Waals surface area contributed by atoms with E-state index >= 15 is 0 Å². The zero-order chi connectivity index (χ0) is 22.1. The Morgan fingerprint density at radius 1 is 0.900 bits per heavy atom. The van der Waals surface area contributed by atoms with E-state index in [0.29, 0.717) is 18.7 Å². The van der Waals surface area contributed by atoms with Crippen LogP contribution in [0.1, 0.15) is 20.7 Å². The third kappa shape index (κ3) is 6.37. The molecule has 6 N–H and O–H groups in total. The summed E-state index contributed by atoms with van der Waals surface area (Å²) in [6.45, 7) is 0.139. The summed E-state index contributed by atoms with van der Waals surface area (Å²) < 4.78 is 26.7. The molecule has 0 unspecified atom stereocenters. The van der Waals surface area contributed by atoms with Crippen LogP contribution >= 0.6 is 0 Å². The van der Waals surface area contributed by atoms with Crippen molar-refractivity contribution in [2.24, 2.45) is 5.73 Å². The smallest absolute Gasteiger partial charge is 0.323 e. The molecule has 0 aliphatic carbocycles. The van der Waals surface area contributed by atoms with E-state index in [0.717, 1.165) is 0 Å². The maximum Gasteiger partial charge on any atom is 0.323 e. The molecule has 0 fully saturated rings. The Morgan fingerprint density at radius 2 is 1.43 bits per heavy atom. The van der Waals surface area contributed by atoms with E-state index in [9.17, 15) is 27.9 Å². The third-order valence-electron chi connectivity index (χ3n) is 3.95. The molecular weight excluding hydrogens is 412 g/mol. The molecule has 2 aromatic rings. The highest BCUT2D eigenvalue weighted by molar-refractivity contribution is 7.89. The molecule has 30 heavy (non-hydrogen) atoms. The van der Waals surface area contributed by atoms with Gasteiger partial charge in [0.15, 0.2) is 0 Å². The Bertz CT molecular complexity index is 993. The van der Waals surface area contributed by atoms with E-state index in [1.54, 1.807) is 6.07 Å². The molecule has 11 heteroatoms. The highest BCUT2D eigenvalue weighted by atomic mass is 32.2. The maximum atomic E-state index is 12.3. The Morgan fingerprint density at radius 3 is 1.93 bits per heavy atom. The molecule has 160 valence electrons. The Labute approximate surface area is 173 Å². The molecule has 0 saturated carbocycles. The fourth-order valence-electron chi connectivity index (χ4n) is 2.39. The number of benzene rings is 2. The summed E-state index contributed by atoms with van der Waals surface area (Å²) in [5, 5.41) is 14.3. The van der Waals surface area contributed by atoms with Crippen molar-refractivity contribution >= 4 is 27.8 Å². The summed E-state index contributed by atoms with van der Waals surface area (Å²) in [5.74, 6) is -2.40. The number of carbonyl (C=O) groups excluding carboxylic acids is 2. The molecule has 0 aromatic heterocycles. The van der Waals surface area contributed by atoms with Crippen molar-refractivity contribution in [1.29, 1.82) is 0 Å². The Kier molecular flexibility index (Phi) is 8.04. The van der Waals surface area contributed by atoms with Gasteiger partial charge in [0.2, 0.25) is 10.0 Å². The van der Waals surface area contributed by atoms with Gasteiger partial charge in [0.1, 0.15) is 6.04 Å². The number of aliphatic carboxylic acids is 1. The lowest BCUT2D eigenvalue weighted by Crippen LogP contribution is -2.48. The van der Waals surface area contributed by atoms with Gasteiger partial charge in [-0.25, -0.2) is 8.42 Å². The lowest BCUT2D eigenvalue weighted by atomic mass is 10.1. The lowest BCUT2D eigenvalue weighted by molar-refractivity contribution is -0.138. The van der Waals surface area contributed by atoms with E-state index in [2.05, 4.69) is 15.4 Å². The monoisotopic (exact) mass is 434 g/mol. The predicted molar refractivity (Wildman–Crippen MR) is 108 cm³/mol. The average Bonchev–Trinajstić information content (AvgIpc) is 2.75. The number of carbonyl (C=O) groups is 3. The molecule has 2 rings (SSSR count). The minimum absolute atomic E-state index is 0.0916. The van der Waals surface area contributed by atoms with E-state index in [-0.39, 0.29) is 16.4 Å². The second kappa shape index (κ2) is 10.5. The molecule has 10 nitrogen and oxygen atoms in total. The number of nitrogens with one attached hydrogen (secondary N) is 3. The Hall–Kier alpha value is -3.28. The van der Waals surface area contributed by atoms with E-state index in [1.165, 1.54) is 48.5 Å². The van der Waals surface area contributed by atoms with Crippen LogP contribution < -0.4 is 21.1 Å². The van der Waals surface area contributed by atoms with Crippen LogP contribution in [0.4, 0.5) is 0 Å². The number of carboxylic acids is 1. The number of hydrogen-bond donors (Lipinski definition) is 5. The van der Waals surface area contributed by atoms with Crippen LogP contribution in [0, 0.1) is 0 Å². The van der Waals surface area contributed by atoms with Crippen LogP contribution in [0.25, 0.3) is 0 Å². The number of sulfonamides is 1. The standard InChI is InChI=1S/C19H22N4O6S/c20-10-11-21-17(24)13-6-8-14(9-7-13)18(25)22-12-16(19(26)27)23-30(28,29)15-4-2-1-3-5-15/h1-9,16,23H,10-12,20H2,(H,21,24)(H,22,25)(H,26,27)/t16-/m0/s1. The summed E-state index contributed by atoms with van der Waals surface area (Å²) in [4.78, 5) is 35.4. The maximum absolute atomic E-state index is 12.3. The van der Waals surface area contributed by atoms with Crippen LogP contribution in [-0.2, 0) is 14.8 Å². The number of nitrogens with two attached hydrogens (primary N) is 1. The summed E-state index contributed by atoms with van der Waals surface area (Å²) in [5.41, 5.74) is 5.83. The summed E-state index contributed by atoms with van der Waals surface area (Å²) in [6.07, 6.45) is 0. The molecule has 2 aromatic carbocycles. The van der Waals surface area contributed by atoms with Crippen LogP contribution in [-0.4, -0.2) is 57.0 Å². The summed E-state index contributed by atoms with van der Waals surface area (Å²) in [6, 6.07) is 11.4. The van der Waals surface area contributed by atoms with Crippen LogP contribution in [0.5, 0.6) is 0 Å². The number of amides is 2. The van der Waals surface area contributed by atoms with Crippen LogP contribution in [0.2, 0.25) is 0 Å². The van der Waals surface area contributed by atoms with E-state index in [4.69, 9.17) is 5.73 Å². The zero-order valence-corrected chi connectivity index (χ0v) is 16.7. The highest BCUT2D eigenvalue weighted by Gasteiger charge is 2.26. The first-order chi connectivity index (χ1) is 14.2.